The molecule has 4 heteroatoms. The molecule has 1 atom stereocenters. The van der Waals surface area contributed by atoms with Crippen molar-refractivity contribution in [1.82, 2.24) is 10.6 Å². The zero-order chi connectivity index (χ0) is 13.5. The zero-order valence-electron chi connectivity index (χ0n) is 11.6. The van der Waals surface area contributed by atoms with E-state index in [1.54, 1.807) is 0 Å². The second-order valence-electron chi connectivity index (χ2n) is 6.05. The molecule has 0 aromatic heterocycles. The van der Waals surface area contributed by atoms with E-state index < -0.39 is 0 Å². The zero-order valence-corrected chi connectivity index (χ0v) is 11.6. The molecule has 2 fully saturated rings. The first-order chi connectivity index (χ1) is 9.35. The SMILES string of the molecule is N#CNC1CCC(C(NC#N)C2CCCCC2)CC1. The summed E-state index contributed by atoms with van der Waals surface area (Å²) >= 11 is 0. The van der Waals surface area contributed by atoms with E-state index in [-0.39, 0.29) is 0 Å². The molecule has 2 aliphatic carbocycles. The molecule has 19 heavy (non-hydrogen) atoms. The summed E-state index contributed by atoms with van der Waals surface area (Å²) in [5, 5.41) is 23.6. The van der Waals surface area contributed by atoms with E-state index in [1.807, 2.05) is 0 Å². The Bertz CT molecular complexity index is 340. The highest BCUT2D eigenvalue weighted by Gasteiger charge is 2.33. The summed E-state index contributed by atoms with van der Waals surface area (Å²) in [5.74, 6) is 1.29. The van der Waals surface area contributed by atoms with Gasteiger partial charge in [0, 0.05) is 12.1 Å². The van der Waals surface area contributed by atoms with Crippen LogP contribution < -0.4 is 10.6 Å². The van der Waals surface area contributed by atoms with E-state index >= 15 is 0 Å². The van der Waals surface area contributed by atoms with Crippen LogP contribution in [0.2, 0.25) is 0 Å². The van der Waals surface area contributed by atoms with Gasteiger partial charge in [0.1, 0.15) is 0 Å². The van der Waals surface area contributed by atoms with Gasteiger partial charge in [-0.25, -0.2) is 0 Å². The van der Waals surface area contributed by atoms with Crippen molar-refractivity contribution >= 4 is 0 Å². The van der Waals surface area contributed by atoms with Crippen LogP contribution in [0.4, 0.5) is 0 Å². The Kier molecular flexibility index (Phi) is 5.33. The van der Waals surface area contributed by atoms with E-state index in [0.29, 0.717) is 23.9 Å². The number of nitrogens with zero attached hydrogens (tertiary/aromatic N) is 2. The van der Waals surface area contributed by atoms with Crippen LogP contribution >= 0.6 is 0 Å². The first-order valence-corrected chi connectivity index (χ1v) is 7.64. The van der Waals surface area contributed by atoms with E-state index in [2.05, 4.69) is 23.0 Å². The third-order valence-corrected chi connectivity index (χ3v) is 4.94. The maximum Gasteiger partial charge on any atom is 0.176 e. The topological polar surface area (TPSA) is 71.6 Å². The minimum absolute atomic E-state index is 0.357. The van der Waals surface area contributed by atoms with Crippen LogP contribution in [0, 0.1) is 34.7 Å². The summed E-state index contributed by atoms with van der Waals surface area (Å²) in [5.41, 5.74) is 0. The molecule has 0 radical (unpaired) electrons. The summed E-state index contributed by atoms with van der Waals surface area (Å²) in [7, 11) is 0. The summed E-state index contributed by atoms with van der Waals surface area (Å²) in [6.45, 7) is 0. The number of hydrogen-bond donors (Lipinski definition) is 2. The van der Waals surface area contributed by atoms with E-state index in [0.717, 1.165) is 25.7 Å². The van der Waals surface area contributed by atoms with Crippen molar-refractivity contribution in [2.75, 3.05) is 0 Å². The average molecular weight is 260 g/mol. The van der Waals surface area contributed by atoms with Gasteiger partial charge in [-0.1, -0.05) is 19.3 Å². The van der Waals surface area contributed by atoms with E-state index in [1.165, 1.54) is 32.1 Å². The largest absolute Gasteiger partial charge is 0.321 e. The fourth-order valence-corrected chi connectivity index (χ4v) is 3.90. The summed E-state index contributed by atoms with van der Waals surface area (Å²) < 4.78 is 0. The number of nitriles is 2. The van der Waals surface area contributed by atoms with Crippen LogP contribution in [0.1, 0.15) is 57.8 Å². The van der Waals surface area contributed by atoms with Crippen molar-refractivity contribution in [3.05, 3.63) is 0 Å². The first kappa shape index (κ1) is 14.0. The lowest BCUT2D eigenvalue weighted by molar-refractivity contribution is 0.176. The van der Waals surface area contributed by atoms with Crippen molar-refractivity contribution in [3.63, 3.8) is 0 Å². The Balaban J connectivity index is 1.89. The van der Waals surface area contributed by atoms with Gasteiger partial charge in [0.25, 0.3) is 0 Å². The van der Waals surface area contributed by atoms with Gasteiger partial charge in [0.05, 0.1) is 0 Å². The molecule has 0 saturated heterocycles. The van der Waals surface area contributed by atoms with Crippen LogP contribution in [0.15, 0.2) is 0 Å². The monoisotopic (exact) mass is 260 g/mol. The van der Waals surface area contributed by atoms with Crippen molar-refractivity contribution in [2.24, 2.45) is 11.8 Å². The summed E-state index contributed by atoms with van der Waals surface area (Å²) in [6, 6.07) is 0.726. The quantitative estimate of drug-likeness (QED) is 0.602. The average Bonchev–Trinajstić information content (AvgIpc) is 2.47. The van der Waals surface area contributed by atoms with Gasteiger partial charge in [0.2, 0.25) is 0 Å². The molecule has 0 aliphatic heterocycles. The highest BCUT2D eigenvalue weighted by atomic mass is 14.9. The number of hydrogen-bond acceptors (Lipinski definition) is 4. The third kappa shape index (κ3) is 3.77. The van der Waals surface area contributed by atoms with Crippen molar-refractivity contribution in [3.8, 4) is 12.4 Å². The van der Waals surface area contributed by atoms with E-state index in [9.17, 15) is 0 Å². The van der Waals surface area contributed by atoms with Crippen molar-refractivity contribution < 1.29 is 0 Å². The highest BCUT2D eigenvalue weighted by Crippen LogP contribution is 2.35. The maximum absolute atomic E-state index is 9.02. The van der Waals surface area contributed by atoms with Gasteiger partial charge in [-0.15, -0.1) is 0 Å². The second-order valence-corrected chi connectivity index (χ2v) is 6.05. The fraction of sp³-hybridized carbons (Fsp3) is 0.867. The molecule has 0 aromatic rings. The molecular weight excluding hydrogens is 236 g/mol. The lowest BCUT2D eigenvalue weighted by Crippen LogP contribution is -2.44. The Labute approximate surface area is 116 Å². The van der Waals surface area contributed by atoms with Gasteiger partial charge < -0.3 is 10.6 Å². The highest BCUT2D eigenvalue weighted by molar-refractivity contribution is 4.93. The van der Waals surface area contributed by atoms with E-state index in [4.69, 9.17) is 10.5 Å². The smallest absolute Gasteiger partial charge is 0.176 e. The van der Waals surface area contributed by atoms with Crippen LogP contribution in [-0.2, 0) is 0 Å². The molecule has 2 aliphatic rings. The summed E-state index contributed by atoms with van der Waals surface area (Å²) in [4.78, 5) is 0. The molecule has 0 amide bonds. The van der Waals surface area contributed by atoms with Gasteiger partial charge in [-0.2, -0.15) is 10.5 Å². The molecule has 2 saturated carbocycles. The standard InChI is InChI=1S/C15H24N4/c16-10-18-14-8-6-13(7-9-14)15(19-11-17)12-4-2-1-3-5-12/h12-15,18-19H,1-9H2. The molecule has 0 aromatic carbocycles. The molecule has 0 heterocycles. The molecule has 0 bridgehead atoms. The molecular formula is C15H24N4. The molecule has 2 rings (SSSR count). The number of rotatable bonds is 4. The third-order valence-electron chi connectivity index (χ3n) is 4.94. The summed E-state index contributed by atoms with van der Waals surface area (Å²) in [6.07, 6.45) is 15.2. The van der Waals surface area contributed by atoms with Crippen molar-refractivity contribution in [2.45, 2.75) is 69.9 Å². The van der Waals surface area contributed by atoms with Crippen LogP contribution in [0.25, 0.3) is 0 Å². The Hall–Kier alpha value is -1.42. The predicted molar refractivity (Wildman–Crippen MR) is 73.6 cm³/mol. The fourth-order valence-electron chi connectivity index (χ4n) is 3.90. The minimum atomic E-state index is 0.357. The first-order valence-electron chi connectivity index (χ1n) is 7.64. The molecule has 4 nitrogen and oxygen atoms in total. The van der Waals surface area contributed by atoms with Crippen LogP contribution in [0.5, 0.6) is 0 Å². The lowest BCUT2D eigenvalue weighted by Gasteiger charge is -2.38. The predicted octanol–water partition coefficient (Wildman–Crippen LogP) is 2.64. The van der Waals surface area contributed by atoms with Gasteiger partial charge in [0.15, 0.2) is 12.4 Å². The molecule has 0 spiro atoms. The molecule has 2 N–H and O–H groups in total. The second kappa shape index (κ2) is 7.24. The van der Waals surface area contributed by atoms with Crippen LogP contribution in [0.3, 0.4) is 0 Å². The Morgan fingerprint density at radius 3 is 2.00 bits per heavy atom. The van der Waals surface area contributed by atoms with Gasteiger partial charge in [-0.3, -0.25) is 0 Å². The lowest BCUT2D eigenvalue weighted by atomic mass is 9.73. The van der Waals surface area contributed by atoms with Crippen LogP contribution in [-0.4, -0.2) is 12.1 Å². The Morgan fingerprint density at radius 1 is 0.789 bits per heavy atom. The van der Waals surface area contributed by atoms with Gasteiger partial charge >= 0.3 is 0 Å². The molecule has 104 valence electrons. The molecule has 1 unspecified atom stereocenters. The van der Waals surface area contributed by atoms with Gasteiger partial charge in [-0.05, 0) is 50.4 Å². The van der Waals surface area contributed by atoms with Crippen molar-refractivity contribution in [1.29, 1.82) is 10.5 Å². The minimum Gasteiger partial charge on any atom is -0.321 e. The Morgan fingerprint density at radius 2 is 1.42 bits per heavy atom. The maximum atomic E-state index is 9.02. The number of nitrogens with one attached hydrogen (secondary N) is 2. The normalized spacial score (nSPS) is 29.8.